The molecule has 0 saturated heterocycles. The van der Waals surface area contributed by atoms with Crippen molar-refractivity contribution in [3.05, 3.63) is 35.9 Å². The minimum Gasteiger partial charge on any atom is -0.352 e. The number of amides is 2. The minimum atomic E-state index is -0.117. The number of carbonyl (C=O) groups excluding carboxylic acids is 2. The molecule has 2 N–H and O–H groups in total. The molecule has 0 bridgehead atoms. The number of carbonyl (C=O) groups is 2. The summed E-state index contributed by atoms with van der Waals surface area (Å²) >= 11 is 0. The monoisotopic (exact) mass is 288 g/mol. The fourth-order valence-corrected chi connectivity index (χ4v) is 2.87. The highest BCUT2D eigenvalue weighted by Gasteiger charge is 2.20. The average molecular weight is 288 g/mol. The maximum atomic E-state index is 11.8. The molecule has 2 unspecified atom stereocenters. The van der Waals surface area contributed by atoms with Gasteiger partial charge in [0.25, 0.3) is 0 Å². The molecule has 1 aliphatic rings. The molecule has 1 fully saturated rings. The third kappa shape index (κ3) is 5.58. The van der Waals surface area contributed by atoms with Crippen molar-refractivity contribution in [1.29, 1.82) is 0 Å². The number of benzene rings is 1. The molecule has 2 atom stereocenters. The number of hydrogen-bond donors (Lipinski definition) is 2. The van der Waals surface area contributed by atoms with Crippen LogP contribution in [0.5, 0.6) is 0 Å². The van der Waals surface area contributed by atoms with E-state index in [1.54, 1.807) is 0 Å². The molecule has 21 heavy (non-hydrogen) atoms. The molecule has 0 spiro atoms. The Labute approximate surface area is 126 Å². The third-order valence-electron chi connectivity index (χ3n) is 3.96. The standard InChI is InChI=1S/C17H24N2O2/c1-13-6-5-9-15(10-13)19-17(21)12-18-16(20)11-14-7-3-2-4-8-14/h2-4,7-8,13,15H,5-6,9-12H2,1H3,(H,18,20)(H,19,21). The minimum absolute atomic E-state index is 0.0660. The Balaban J connectivity index is 1.67. The highest BCUT2D eigenvalue weighted by Crippen LogP contribution is 2.23. The average Bonchev–Trinajstić information content (AvgIpc) is 2.46. The Morgan fingerprint density at radius 1 is 1.14 bits per heavy atom. The first-order valence-corrected chi connectivity index (χ1v) is 7.73. The number of rotatable bonds is 5. The van der Waals surface area contributed by atoms with E-state index in [9.17, 15) is 9.59 Å². The van der Waals surface area contributed by atoms with E-state index in [4.69, 9.17) is 0 Å². The van der Waals surface area contributed by atoms with Crippen molar-refractivity contribution in [2.45, 2.75) is 45.1 Å². The molecular formula is C17H24N2O2. The van der Waals surface area contributed by atoms with E-state index >= 15 is 0 Å². The summed E-state index contributed by atoms with van der Waals surface area (Å²) in [7, 11) is 0. The predicted octanol–water partition coefficient (Wildman–Crippen LogP) is 2.04. The van der Waals surface area contributed by atoms with E-state index < -0.39 is 0 Å². The first kappa shape index (κ1) is 15.5. The van der Waals surface area contributed by atoms with Gasteiger partial charge in [0.1, 0.15) is 0 Å². The normalized spacial score (nSPS) is 21.6. The predicted molar refractivity (Wildman–Crippen MR) is 82.7 cm³/mol. The Kier molecular flexibility index (Phi) is 5.78. The molecule has 1 saturated carbocycles. The van der Waals surface area contributed by atoms with E-state index in [1.807, 2.05) is 30.3 Å². The van der Waals surface area contributed by atoms with E-state index in [0.29, 0.717) is 12.3 Å². The first-order valence-electron chi connectivity index (χ1n) is 7.73. The van der Waals surface area contributed by atoms with Crippen LogP contribution in [0.3, 0.4) is 0 Å². The van der Waals surface area contributed by atoms with E-state index in [1.165, 1.54) is 12.8 Å². The molecule has 114 valence electrons. The maximum absolute atomic E-state index is 11.8. The van der Waals surface area contributed by atoms with Crippen LogP contribution in [-0.2, 0) is 16.0 Å². The number of hydrogen-bond acceptors (Lipinski definition) is 2. The fourth-order valence-electron chi connectivity index (χ4n) is 2.87. The van der Waals surface area contributed by atoms with E-state index in [2.05, 4.69) is 17.6 Å². The fraction of sp³-hybridized carbons (Fsp3) is 0.529. The lowest BCUT2D eigenvalue weighted by molar-refractivity contribution is -0.126. The molecule has 0 aliphatic heterocycles. The Hall–Kier alpha value is -1.84. The van der Waals surface area contributed by atoms with Crippen molar-refractivity contribution in [2.24, 2.45) is 5.92 Å². The van der Waals surface area contributed by atoms with Crippen molar-refractivity contribution in [3.8, 4) is 0 Å². The molecule has 2 amide bonds. The van der Waals surface area contributed by atoms with Crippen molar-refractivity contribution < 1.29 is 9.59 Å². The summed E-state index contributed by atoms with van der Waals surface area (Å²) in [5, 5.41) is 5.70. The summed E-state index contributed by atoms with van der Waals surface area (Å²) in [6.45, 7) is 2.29. The summed E-state index contributed by atoms with van der Waals surface area (Å²) < 4.78 is 0. The molecule has 1 aliphatic carbocycles. The van der Waals surface area contributed by atoms with Gasteiger partial charge in [-0.2, -0.15) is 0 Å². The highest BCUT2D eigenvalue weighted by molar-refractivity contribution is 5.85. The number of nitrogens with one attached hydrogen (secondary N) is 2. The third-order valence-corrected chi connectivity index (χ3v) is 3.96. The van der Waals surface area contributed by atoms with Gasteiger partial charge in [0.2, 0.25) is 11.8 Å². The van der Waals surface area contributed by atoms with Crippen molar-refractivity contribution in [1.82, 2.24) is 10.6 Å². The van der Waals surface area contributed by atoms with Gasteiger partial charge in [0.15, 0.2) is 0 Å². The van der Waals surface area contributed by atoms with Crippen molar-refractivity contribution >= 4 is 11.8 Å². The SMILES string of the molecule is CC1CCCC(NC(=O)CNC(=O)Cc2ccccc2)C1. The van der Waals surface area contributed by atoms with Gasteiger partial charge in [0, 0.05) is 6.04 Å². The highest BCUT2D eigenvalue weighted by atomic mass is 16.2. The zero-order valence-electron chi connectivity index (χ0n) is 12.6. The van der Waals surface area contributed by atoms with Crippen LogP contribution in [0.2, 0.25) is 0 Å². The van der Waals surface area contributed by atoms with E-state index in [0.717, 1.165) is 18.4 Å². The van der Waals surface area contributed by atoms with Crippen LogP contribution in [0.1, 0.15) is 38.2 Å². The lowest BCUT2D eigenvalue weighted by Crippen LogP contribution is -2.43. The summed E-state index contributed by atoms with van der Waals surface area (Å²) in [5.74, 6) is 0.473. The van der Waals surface area contributed by atoms with Crippen molar-refractivity contribution in [2.75, 3.05) is 6.54 Å². The van der Waals surface area contributed by atoms with Gasteiger partial charge < -0.3 is 10.6 Å². The van der Waals surface area contributed by atoms with Gasteiger partial charge in [-0.3, -0.25) is 9.59 Å². The molecular weight excluding hydrogens is 264 g/mol. The molecule has 0 heterocycles. The zero-order valence-corrected chi connectivity index (χ0v) is 12.6. The maximum Gasteiger partial charge on any atom is 0.239 e. The lowest BCUT2D eigenvalue weighted by Gasteiger charge is -2.27. The second kappa shape index (κ2) is 7.81. The summed E-state index contributed by atoms with van der Waals surface area (Å²) in [6, 6.07) is 9.80. The molecule has 1 aromatic carbocycles. The molecule has 0 aromatic heterocycles. The van der Waals surface area contributed by atoms with Gasteiger partial charge in [-0.25, -0.2) is 0 Å². The van der Waals surface area contributed by atoms with Crippen molar-refractivity contribution in [3.63, 3.8) is 0 Å². The van der Waals surface area contributed by atoms with Crippen LogP contribution in [0.15, 0.2) is 30.3 Å². The zero-order chi connectivity index (χ0) is 15.1. The summed E-state index contributed by atoms with van der Waals surface area (Å²) in [5.41, 5.74) is 0.955. The van der Waals surface area contributed by atoms with Crippen LogP contribution >= 0.6 is 0 Å². The topological polar surface area (TPSA) is 58.2 Å². The second-order valence-corrected chi connectivity index (χ2v) is 5.98. The van der Waals surface area contributed by atoms with Gasteiger partial charge >= 0.3 is 0 Å². The molecule has 2 rings (SSSR count). The molecule has 1 aromatic rings. The lowest BCUT2D eigenvalue weighted by atomic mass is 9.87. The summed E-state index contributed by atoms with van der Waals surface area (Å²) in [6.07, 6.45) is 4.83. The Morgan fingerprint density at radius 2 is 1.90 bits per heavy atom. The summed E-state index contributed by atoms with van der Waals surface area (Å²) in [4.78, 5) is 23.6. The Morgan fingerprint density at radius 3 is 2.62 bits per heavy atom. The molecule has 0 radical (unpaired) electrons. The van der Waals surface area contributed by atoms with Crippen LogP contribution in [0.25, 0.3) is 0 Å². The largest absolute Gasteiger partial charge is 0.352 e. The van der Waals surface area contributed by atoms with Crippen LogP contribution in [-0.4, -0.2) is 24.4 Å². The molecule has 4 heteroatoms. The first-order chi connectivity index (χ1) is 10.1. The van der Waals surface area contributed by atoms with Crippen LogP contribution < -0.4 is 10.6 Å². The quantitative estimate of drug-likeness (QED) is 0.871. The van der Waals surface area contributed by atoms with Gasteiger partial charge in [-0.05, 0) is 24.3 Å². The van der Waals surface area contributed by atoms with Crippen LogP contribution in [0, 0.1) is 5.92 Å². The van der Waals surface area contributed by atoms with Gasteiger partial charge in [-0.1, -0.05) is 50.1 Å². The Bertz CT molecular complexity index is 473. The van der Waals surface area contributed by atoms with E-state index in [-0.39, 0.29) is 24.4 Å². The smallest absolute Gasteiger partial charge is 0.239 e. The second-order valence-electron chi connectivity index (χ2n) is 5.98. The van der Waals surface area contributed by atoms with Gasteiger partial charge in [-0.15, -0.1) is 0 Å². The van der Waals surface area contributed by atoms with Gasteiger partial charge in [0.05, 0.1) is 13.0 Å². The molecule has 4 nitrogen and oxygen atoms in total. The van der Waals surface area contributed by atoms with Crippen LogP contribution in [0.4, 0.5) is 0 Å².